The molecule has 0 aliphatic heterocycles. The standard InChI is InChI=1S/C29H26N6/c1-3-35-28-17-22(31)12-14-26(28)25-15-13-24(18-27(25)29(35)20-8-5-4-6-9-20)33-34-32-23-11-7-10-21(16-23)19(2)30/h4-18,30-31H,3H2,1-2H3,(H,32,33)/p+1. The van der Waals surface area contributed by atoms with E-state index in [9.17, 15) is 0 Å². The zero-order valence-electron chi connectivity index (χ0n) is 19.8. The first kappa shape index (κ1) is 22.2. The van der Waals surface area contributed by atoms with E-state index in [1.807, 2.05) is 48.5 Å². The minimum absolute atomic E-state index is 0.506. The number of nitrogens with two attached hydrogens (primary N) is 1. The minimum atomic E-state index is 0.506. The number of benzene rings is 4. The SMILES string of the molecule is CC[n+]1c(-c2ccccc2)c2cc(N=NNc3cccc(C(C)=N)c3)ccc2c2ccc(N)cc21. The summed E-state index contributed by atoms with van der Waals surface area (Å²) >= 11 is 0. The lowest BCUT2D eigenvalue weighted by atomic mass is 9.98. The van der Waals surface area contributed by atoms with Crippen molar-refractivity contribution in [1.29, 1.82) is 5.41 Å². The number of nitrogen functional groups attached to an aromatic ring is 1. The molecule has 0 bridgehead atoms. The van der Waals surface area contributed by atoms with Gasteiger partial charge in [-0.3, -0.25) is 5.43 Å². The molecule has 0 saturated carbocycles. The van der Waals surface area contributed by atoms with Crippen molar-refractivity contribution in [3.63, 3.8) is 0 Å². The van der Waals surface area contributed by atoms with Crippen molar-refractivity contribution in [2.75, 3.05) is 11.2 Å². The molecule has 0 saturated heterocycles. The van der Waals surface area contributed by atoms with E-state index in [-0.39, 0.29) is 0 Å². The second kappa shape index (κ2) is 9.35. The molecule has 1 heterocycles. The maximum absolute atomic E-state index is 7.82. The lowest BCUT2D eigenvalue weighted by Crippen LogP contribution is -2.36. The lowest BCUT2D eigenvalue weighted by molar-refractivity contribution is -0.655. The van der Waals surface area contributed by atoms with Crippen molar-refractivity contribution >= 4 is 44.4 Å². The summed E-state index contributed by atoms with van der Waals surface area (Å²) in [4.78, 5) is 0. The highest BCUT2D eigenvalue weighted by Gasteiger charge is 2.22. The largest absolute Gasteiger partial charge is 0.399 e. The van der Waals surface area contributed by atoms with Crippen LogP contribution >= 0.6 is 0 Å². The Morgan fingerprint density at radius 2 is 1.69 bits per heavy atom. The van der Waals surface area contributed by atoms with Crippen LogP contribution < -0.4 is 15.7 Å². The number of anilines is 2. The third kappa shape index (κ3) is 4.34. The van der Waals surface area contributed by atoms with E-state index in [2.05, 4.69) is 69.7 Å². The van der Waals surface area contributed by atoms with Gasteiger partial charge in [-0.2, -0.15) is 4.57 Å². The molecular formula is C29H27N6+. The normalized spacial score (nSPS) is 11.4. The Morgan fingerprint density at radius 3 is 2.46 bits per heavy atom. The van der Waals surface area contributed by atoms with E-state index in [0.717, 1.165) is 62.1 Å². The third-order valence-electron chi connectivity index (χ3n) is 6.13. The molecule has 0 aliphatic rings. The molecule has 0 aliphatic carbocycles. The average Bonchev–Trinajstić information content (AvgIpc) is 2.88. The molecule has 35 heavy (non-hydrogen) atoms. The van der Waals surface area contributed by atoms with E-state index in [1.165, 1.54) is 0 Å². The van der Waals surface area contributed by atoms with Gasteiger partial charge in [0.05, 0.1) is 22.1 Å². The van der Waals surface area contributed by atoms with Crippen molar-refractivity contribution in [3.05, 3.63) is 96.6 Å². The first-order valence-electron chi connectivity index (χ1n) is 11.6. The molecule has 1 aromatic heterocycles. The molecule has 0 atom stereocenters. The summed E-state index contributed by atoms with van der Waals surface area (Å²) in [6.07, 6.45) is 0. The zero-order valence-corrected chi connectivity index (χ0v) is 19.8. The van der Waals surface area contributed by atoms with Gasteiger partial charge in [-0.15, -0.1) is 5.11 Å². The molecular weight excluding hydrogens is 432 g/mol. The summed E-state index contributed by atoms with van der Waals surface area (Å²) in [5.41, 5.74) is 16.2. The molecule has 4 aromatic carbocycles. The van der Waals surface area contributed by atoms with Gasteiger partial charge >= 0.3 is 0 Å². The van der Waals surface area contributed by atoms with Gasteiger partial charge in [-0.1, -0.05) is 41.6 Å². The molecule has 172 valence electrons. The summed E-state index contributed by atoms with van der Waals surface area (Å²) in [7, 11) is 0. The van der Waals surface area contributed by atoms with E-state index < -0.39 is 0 Å². The second-order valence-corrected chi connectivity index (χ2v) is 8.48. The smallest absolute Gasteiger partial charge is 0.220 e. The number of pyridine rings is 1. The summed E-state index contributed by atoms with van der Waals surface area (Å²) in [6, 6.07) is 30.3. The van der Waals surface area contributed by atoms with Crippen LogP contribution in [0.15, 0.2) is 101 Å². The number of fused-ring (bicyclic) bond motifs is 3. The Balaban J connectivity index is 1.64. The number of aryl methyl sites for hydroxylation is 1. The van der Waals surface area contributed by atoms with Crippen LogP contribution in [0.1, 0.15) is 19.4 Å². The van der Waals surface area contributed by atoms with Gasteiger partial charge in [0, 0.05) is 28.4 Å². The van der Waals surface area contributed by atoms with E-state index >= 15 is 0 Å². The van der Waals surface area contributed by atoms with E-state index in [1.54, 1.807) is 6.92 Å². The minimum Gasteiger partial charge on any atom is -0.399 e. The van der Waals surface area contributed by atoms with E-state index in [4.69, 9.17) is 11.1 Å². The van der Waals surface area contributed by atoms with Gasteiger partial charge in [-0.05, 0) is 67.9 Å². The van der Waals surface area contributed by atoms with Gasteiger partial charge in [0.15, 0.2) is 0 Å². The Kier molecular flexibility index (Phi) is 5.94. The fourth-order valence-corrected chi connectivity index (χ4v) is 4.49. The Bertz CT molecular complexity index is 1590. The Morgan fingerprint density at radius 1 is 0.886 bits per heavy atom. The van der Waals surface area contributed by atoms with Crippen molar-refractivity contribution < 1.29 is 4.57 Å². The molecule has 4 N–H and O–H groups in total. The fourth-order valence-electron chi connectivity index (χ4n) is 4.49. The number of rotatable bonds is 6. The second-order valence-electron chi connectivity index (χ2n) is 8.48. The predicted octanol–water partition coefficient (Wildman–Crippen LogP) is 7.05. The quantitative estimate of drug-likeness (QED) is 0.0634. The monoisotopic (exact) mass is 459 g/mol. The predicted molar refractivity (Wildman–Crippen MR) is 144 cm³/mol. The summed E-state index contributed by atoms with van der Waals surface area (Å²) in [5.74, 6) is 0. The third-order valence-corrected chi connectivity index (χ3v) is 6.13. The highest BCUT2D eigenvalue weighted by atomic mass is 15.4. The number of hydrogen-bond acceptors (Lipinski definition) is 4. The molecule has 0 fully saturated rings. The Labute approximate surface area is 204 Å². The molecule has 6 heteroatoms. The van der Waals surface area contributed by atoms with Gasteiger partial charge in [-0.25, -0.2) is 0 Å². The fraction of sp³-hybridized carbons (Fsp3) is 0.103. The average molecular weight is 460 g/mol. The maximum Gasteiger partial charge on any atom is 0.220 e. The van der Waals surface area contributed by atoms with Crippen LogP contribution in [-0.2, 0) is 6.54 Å². The number of nitrogens with one attached hydrogen (secondary N) is 2. The topological polar surface area (TPSA) is 90.5 Å². The van der Waals surface area contributed by atoms with Crippen LogP contribution in [0.5, 0.6) is 0 Å². The highest BCUT2D eigenvalue weighted by Crippen LogP contribution is 2.34. The first-order chi connectivity index (χ1) is 17.0. The number of nitrogens with zero attached hydrogens (tertiary/aromatic N) is 3. The zero-order chi connectivity index (χ0) is 24.4. The van der Waals surface area contributed by atoms with Crippen LogP contribution in [0.3, 0.4) is 0 Å². The summed E-state index contributed by atoms with van der Waals surface area (Å²) < 4.78 is 2.31. The maximum atomic E-state index is 7.82. The molecule has 0 unspecified atom stereocenters. The van der Waals surface area contributed by atoms with Crippen LogP contribution in [-0.4, -0.2) is 5.71 Å². The van der Waals surface area contributed by atoms with Crippen LogP contribution in [0.4, 0.5) is 17.1 Å². The van der Waals surface area contributed by atoms with E-state index in [0.29, 0.717) is 5.71 Å². The molecule has 5 aromatic rings. The Hall–Kier alpha value is -4.58. The van der Waals surface area contributed by atoms with Gasteiger partial charge < -0.3 is 11.1 Å². The molecule has 0 radical (unpaired) electrons. The van der Waals surface area contributed by atoms with Crippen molar-refractivity contribution in [3.8, 4) is 11.3 Å². The van der Waals surface area contributed by atoms with Crippen molar-refractivity contribution in [1.82, 2.24) is 0 Å². The molecule has 5 rings (SSSR count). The number of aromatic nitrogens is 1. The molecule has 0 spiro atoms. The van der Waals surface area contributed by atoms with Crippen LogP contribution in [0, 0.1) is 5.41 Å². The van der Waals surface area contributed by atoms with Crippen molar-refractivity contribution in [2.24, 2.45) is 10.3 Å². The van der Waals surface area contributed by atoms with Gasteiger partial charge in [0.25, 0.3) is 0 Å². The highest BCUT2D eigenvalue weighted by molar-refractivity contribution is 6.10. The van der Waals surface area contributed by atoms with Gasteiger partial charge in [0.1, 0.15) is 6.54 Å². The van der Waals surface area contributed by atoms with Gasteiger partial charge in [0.2, 0.25) is 11.2 Å². The molecule has 6 nitrogen and oxygen atoms in total. The van der Waals surface area contributed by atoms with Crippen LogP contribution in [0.25, 0.3) is 32.9 Å². The van der Waals surface area contributed by atoms with Crippen LogP contribution in [0.2, 0.25) is 0 Å². The van der Waals surface area contributed by atoms with Crippen molar-refractivity contribution in [2.45, 2.75) is 20.4 Å². The number of hydrogen-bond donors (Lipinski definition) is 3. The first-order valence-corrected chi connectivity index (χ1v) is 11.6. The summed E-state index contributed by atoms with van der Waals surface area (Å²) in [6.45, 7) is 4.72. The molecule has 0 amide bonds. The summed E-state index contributed by atoms with van der Waals surface area (Å²) in [5, 5.41) is 19.9. The lowest BCUT2D eigenvalue weighted by Gasteiger charge is -2.12.